The van der Waals surface area contributed by atoms with Gasteiger partial charge in [-0.05, 0) is 114 Å². The van der Waals surface area contributed by atoms with Crippen molar-refractivity contribution in [3.63, 3.8) is 0 Å². The maximum Gasteiger partial charge on any atom is 0.331 e. The second-order valence-corrected chi connectivity index (χ2v) is 16.5. The van der Waals surface area contributed by atoms with E-state index in [0.717, 1.165) is 93.2 Å². The first-order valence-electron chi connectivity index (χ1n) is 20.9. The lowest BCUT2D eigenvalue weighted by Crippen LogP contribution is -2.23. The van der Waals surface area contributed by atoms with Crippen molar-refractivity contribution in [2.45, 2.75) is 134 Å². The van der Waals surface area contributed by atoms with E-state index in [1.54, 1.807) is 0 Å². The Morgan fingerprint density at radius 3 is 1.46 bits per heavy atom. The number of allylic oxidation sites excluding steroid dienone is 2. The monoisotopic (exact) mass is 822 g/mol. The Balaban J connectivity index is 1.02. The van der Waals surface area contributed by atoms with Crippen molar-refractivity contribution < 1.29 is 57.9 Å². The van der Waals surface area contributed by atoms with Crippen LogP contribution < -0.4 is 10.6 Å². The largest absolute Gasteiger partial charge is 0.478 e. The average Bonchev–Trinajstić information content (AvgIpc) is 4.06. The van der Waals surface area contributed by atoms with E-state index in [-0.39, 0.29) is 59.6 Å². The Morgan fingerprint density at radius 1 is 0.678 bits per heavy atom. The number of esters is 2. The first kappa shape index (κ1) is 46.9. The van der Waals surface area contributed by atoms with Gasteiger partial charge in [0.15, 0.2) is 0 Å². The minimum Gasteiger partial charge on any atom is -0.478 e. The molecular formula is C45H62N2O12. The smallest absolute Gasteiger partial charge is 0.331 e. The van der Waals surface area contributed by atoms with E-state index in [0.29, 0.717) is 51.6 Å². The average molecular weight is 823 g/mol. The highest BCUT2D eigenvalue weighted by atomic mass is 16.6. The van der Waals surface area contributed by atoms with Gasteiger partial charge in [0.25, 0.3) is 0 Å². The predicted molar refractivity (Wildman–Crippen MR) is 219 cm³/mol. The summed E-state index contributed by atoms with van der Waals surface area (Å²) in [7, 11) is 0. The second-order valence-electron chi connectivity index (χ2n) is 16.5. The lowest BCUT2D eigenvalue weighted by molar-refractivity contribution is -0.137. The summed E-state index contributed by atoms with van der Waals surface area (Å²) < 4.78 is 22.5. The summed E-state index contributed by atoms with van der Waals surface area (Å²) in [6.45, 7) is 12.6. The molecule has 0 unspecified atom stereocenters. The summed E-state index contributed by atoms with van der Waals surface area (Å²) in [5.74, 6) is -4.58. The molecular weight excluding hydrogens is 760 g/mol. The van der Waals surface area contributed by atoms with Gasteiger partial charge in [-0.2, -0.15) is 0 Å². The van der Waals surface area contributed by atoms with Gasteiger partial charge < -0.3 is 39.8 Å². The Kier molecular flexibility index (Phi) is 17.9. The number of hydrogen-bond acceptors (Lipinski definition) is 10. The third kappa shape index (κ3) is 16.0. The summed E-state index contributed by atoms with van der Waals surface area (Å²) in [4.78, 5) is 72.2. The topological polar surface area (TPSA) is 210 Å². The zero-order valence-corrected chi connectivity index (χ0v) is 34.6. The van der Waals surface area contributed by atoms with Crippen LogP contribution in [0, 0.1) is 11.8 Å². The number of fused-ring (bicyclic) bond motifs is 2. The van der Waals surface area contributed by atoms with E-state index in [2.05, 4.69) is 23.8 Å². The maximum atomic E-state index is 12.3. The SMILES string of the molecule is C=C(C(=O)O)[C@@H]1CC/C(COC(=O)/C=C/C(=O)NCCCCCCCNC(=O)/C=C/C(=O)OC/C2=C/CC[C@@]3(C)O[C@H]3C[C@H](C(=C)C(=O)O)CC2)=C\CC[C@@]2(C)O[C@H]2C1. The normalized spacial score (nSPS) is 28.6. The summed E-state index contributed by atoms with van der Waals surface area (Å²) in [6, 6.07) is 0. The highest BCUT2D eigenvalue weighted by Gasteiger charge is 2.53. The fourth-order valence-corrected chi connectivity index (χ4v) is 7.70. The van der Waals surface area contributed by atoms with Crippen LogP contribution in [0.1, 0.15) is 110 Å². The third-order valence-corrected chi connectivity index (χ3v) is 11.9. The number of carboxylic acid groups (broad SMARTS) is 2. The van der Waals surface area contributed by atoms with E-state index in [1.165, 1.54) is 0 Å². The molecule has 14 nitrogen and oxygen atoms in total. The van der Waals surface area contributed by atoms with Gasteiger partial charge in [0, 0.05) is 48.5 Å². The maximum absolute atomic E-state index is 12.3. The summed E-state index contributed by atoms with van der Waals surface area (Å²) in [5, 5.41) is 24.5. The molecule has 4 aliphatic rings. The molecule has 4 N–H and O–H groups in total. The minimum atomic E-state index is -1.02. The molecule has 0 aromatic carbocycles. The molecule has 2 amide bonds. The number of rotatable bonds is 20. The highest BCUT2D eigenvalue weighted by molar-refractivity contribution is 5.95. The first-order chi connectivity index (χ1) is 28.1. The fourth-order valence-electron chi connectivity index (χ4n) is 7.70. The van der Waals surface area contributed by atoms with Gasteiger partial charge in [-0.25, -0.2) is 19.2 Å². The van der Waals surface area contributed by atoms with Gasteiger partial charge in [-0.15, -0.1) is 0 Å². The lowest BCUT2D eigenvalue weighted by Gasteiger charge is -2.19. The van der Waals surface area contributed by atoms with Crippen LogP contribution in [0.3, 0.4) is 0 Å². The molecule has 4 rings (SSSR count). The predicted octanol–water partition coefficient (Wildman–Crippen LogP) is 5.98. The van der Waals surface area contributed by atoms with E-state index in [4.69, 9.17) is 18.9 Å². The van der Waals surface area contributed by atoms with Gasteiger partial charge in [0.1, 0.15) is 13.2 Å². The van der Waals surface area contributed by atoms with E-state index in [1.807, 2.05) is 26.0 Å². The van der Waals surface area contributed by atoms with Crippen LogP contribution in [-0.2, 0) is 47.7 Å². The molecule has 2 fully saturated rings. The summed E-state index contributed by atoms with van der Waals surface area (Å²) >= 11 is 0. The van der Waals surface area contributed by atoms with Crippen LogP contribution in [-0.4, -0.2) is 95.6 Å². The molecule has 2 heterocycles. The zero-order chi connectivity index (χ0) is 43.0. The number of carbonyl (C=O) groups excluding carboxylic acids is 4. The number of epoxide rings is 2. The first-order valence-corrected chi connectivity index (χ1v) is 20.9. The van der Waals surface area contributed by atoms with Gasteiger partial charge in [0.2, 0.25) is 11.8 Å². The number of aliphatic carboxylic acids is 2. The number of amides is 2. The van der Waals surface area contributed by atoms with Gasteiger partial charge >= 0.3 is 23.9 Å². The van der Waals surface area contributed by atoms with Crippen molar-refractivity contribution in [1.29, 1.82) is 0 Å². The quantitative estimate of drug-likeness (QED) is 0.0368. The molecule has 0 saturated carbocycles. The van der Waals surface area contributed by atoms with Crippen molar-refractivity contribution in [2.75, 3.05) is 26.3 Å². The zero-order valence-electron chi connectivity index (χ0n) is 34.6. The van der Waals surface area contributed by atoms with Crippen molar-refractivity contribution in [1.82, 2.24) is 10.6 Å². The van der Waals surface area contributed by atoms with Crippen molar-refractivity contribution >= 4 is 35.7 Å². The molecule has 0 aromatic rings. The van der Waals surface area contributed by atoms with Crippen LogP contribution >= 0.6 is 0 Å². The van der Waals surface area contributed by atoms with E-state index < -0.39 is 35.7 Å². The standard InChI is InChI=1S/C45H62N2O12/c1-30(42(52)53)34-16-14-32(12-10-22-44(3)36(26-34)58-44)28-56-40(50)20-18-38(48)46-24-8-6-5-7-9-25-47-39(49)19-21-41(51)57-29-33-13-11-23-45(4)37(59-45)27-35(17-15-33)31(2)43(54)55/h12-13,18-21,34-37H,1-2,5-11,14-17,22-29H2,3-4H3,(H,46,48)(H,47,49)(H,52,53)(H,54,55)/b20-18+,21-19+,32-12+,33-13+/t34-,35-,36+,37+,44-,45-/m1/s1. The molecule has 59 heavy (non-hydrogen) atoms. The van der Waals surface area contributed by atoms with Crippen LogP contribution in [0.2, 0.25) is 0 Å². The van der Waals surface area contributed by atoms with Crippen LogP contribution in [0.4, 0.5) is 0 Å². The molecule has 0 radical (unpaired) electrons. The van der Waals surface area contributed by atoms with Crippen molar-refractivity contribution in [2.24, 2.45) is 11.8 Å². The molecule has 0 aromatic heterocycles. The second kappa shape index (κ2) is 22.5. The fraction of sp³-hybridized carbons (Fsp3) is 0.600. The molecule has 2 aliphatic heterocycles. The van der Waals surface area contributed by atoms with E-state index >= 15 is 0 Å². The van der Waals surface area contributed by atoms with Gasteiger partial charge in [0.05, 0.1) is 23.4 Å². The molecule has 2 saturated heterocycles. The number of hydrogen-bond donors (Lipinski definition) is 4. The Bertz CT molecular complexity index is 1590. The van der Waals surface area contributed by atoms with Gasteiger partial charge in [-0.3, -0.25) is 9.59 Å². The summed E-state index contributed by atoms with van der Waals surface area (Å²) in [5.41, 5.74) is 1.57. The lowest BCUT2D eigenvalue weighted by atomic mass is 9.84. The van der Waals surface area contributed by atoms with Crippen molar-refractivity contribution in [3.8, 4) is 0 Å². The molecule has 324 valence electrons. The van der Waals surface area contributed by atoms with Crippen molar-refractivity contribution in [3.05, 3.63) is 71.9 Å². The van der Waals surface area contributed by atoms with Crippen LogP contribution in [0.5, 0.6) is 0 Å². The van der Waals surface area contributed by atoms with Crippen LogP contribution in [0.25, 0.3) is 0 Å². The Labute approximate surface area is 347 Å². The summed E-state index contributed by atoms with van der Waals surface area (Å²) in [6.07, 6.45) is 19.3. The number of carbonyl (C=O) groups is 6. The number of nitrogens with one attached hydrogen (secondary N) is 2. The molecule has 2 aliphatic carbocycles. The minimum absolute atomic E-state index is 0.0252. The van der Waals surface area contributed by atoms with E-state index in [9.17, 15) is 39.0 Å². The Morgan fingerprint density at radius 2 is 1.07 bits per heavy atom. The highest BCUT2D eigenvalue weighted by Crippen LogP contribution is 2.47. The number of ether oxygens (including phenoxy) is 4. The molecule has 6 atom stereocenters. The number of carboxylic acids is 2. The Hall–Kier alpha value is -4.82. The van der Waals surface area contributed by atoms with Gasteiger partial charge in [-0.1, -0.05) is 44.6 Å². The molecule has 0 bridgehead atoms. The van der Waals surface area contributed by atoms with Crippen LogP contribution in [0.15, 0.2) is 71.9 Å². The third-order valence-electron chi connectivity index (χ3n) is 11.9. The molecule has 0 spiro atoms. The molecule has 14 heteroatoms. The number of unbranched alkanes of at least 4 members (excludes halogenated alkanes) is 4.